The molecule has 0 fully saturated rings. The van der Waals surface area contributed by atoms with Gasteiger partial charge in [0.15, 0.2) is 28.8 Å². The Balaban J connectivity index is 1.02. The van der Waals surface area contributed by atoms with Crippen LogP contribution in [0.2, 0.25) is 0 Å². The average Bonchev–Trinajstić information content (AvgIpc) is 2.00. The first kappa shape index (κ1) is 50.7. The molecular weight excluding hydrogens is 1050 g/mol. The number of hydrogen-bond acceptors (Lipinski definition) is 4. The number of para-hydroxylation sites is 2. The quantitative estimate of drug-likeness (QED) is 0.128. The van der Waals surface area contributed by atoms with Crippen molar-refractivity contribution < 1.29 is 0 Å². The highest BCUT2D eigenvalue weighted by Gasteiger charge is 2.24. The highest BCUT2D eigenvalue weighted by molar-refractivity contribution is 6.12. The largest absolute Gasteiger partial charge is 0.308 e. The van der Waals surface area contributed by atoms with Gasteiger partial charge in [0.1, 0.15) is 0 Å². The smallest absolute Gasteiger partial charge is 0.187 e. The Morgan fingerprint density at radius 3 is 1.10 bits per heavy atom. The molecule has 8 nitrogen and oxygen atoms in total. The number of rotatable bonds is 10. The lowest BCUT2D eigenvalue weighted by atomic mass is 9.99. The van der Waals surface area contributed by atoms with Crippen LogP contribution in [0.4, 0.5) is 11.4 Å². The highest BCUT2D eigenvalue weighted by Crippen LogP contribution is 2.43. The predicted molar refractivity (Wildman–Crippen MR) is 349 cm³/mol. The summed E-state index contributed by atoms with van der Waals surface area (Å²) in [6, 6.07) is 98.0. The van der Waals surface area contributed by atoms with Gasteiger partial charge in [0.2, 0.25) is 0 Å². The SMILES string of the molecule is [C-]#[N+]c1ccc(-c2cccc(-c3nc(-c4ccc(-c5ccc(C#N)cc5)cc4-n4c5ccccc5c5cc(-c6ccccc6)ccc54)nc(-c4ccc(-c5ccc([N+]#[C-])cc5)cc4-n4c5ccccc5c5cc(-c6ccccc6)ccc54)n3)c2)cc1. The van der Waals surface area contributed by atoms with E-state index in [1.807, 2.05) is 97.1 Å². The van der Waals surface area contributed by atoms with E-state index in [1.165, 1.54) is 0 Å². The van der Waals surface area contributed by atoms with Crippen molar-refractivity contribution in [3.05, 3.63) is 307 Å². The van der Waals surface area contributed by atoms with Crippen LogP contribution in [0.5, 0.6) is 0 Å². The van der Waals surface area contributed by atoms with E-state index in [0.29, 0.717) is 34.4 Å². The van der Waals surface area contributed by atoms with Gasteiger partial charge in [0, 0.05) is 38.2 Å². The molecular formula is C78H46N8. The van der Waals surface area contributed by atoms with Gasteiger partial charge in [-0.3, -0.25) is 0 Å². The second-order valence-corrected chi connectivity index (χ2v) is 21.3. The molecule has 8 heteroatoms. The topological polar surface area (TPSA) is 81.0 Å². The molecule has 398 valence electrons. The van der Waals surface area contributed by atoms with Crippen LogP contribution in [0.1, 0.15) is 5.56 Å². The summed E-state index contributed by atoms with van der Waals surface area (Å²) in [4.78, 5) is 24.1. The molecule has 0 saturated carbocycles. The Morgan fingerprint density at radius 1 is 0.291 bits per heavy atom. The first-order chi connectivity index (χ1) is 42.5. The number of hydrogen-bond donors (Lipinski definition) is 0. The van der Waals surface area contributed by atoms with Crippen LogP contribution in [0, 0.1) is 24.5 Å². The van der Waals surface area contributed by atoms with Crippen molar-refractivity contribution in [3.63, 3.8) is 0 Å². The summed E-state index contributed by atoms with van der Waals surface area (Å²) in [6.45, 7) is 15.4. The van der Waals surface area contributed by atoms with Crippen molar-refractivity contribution in [1.29, 1.82) is 5.26 Å². The van der Waals surface area contributed by atoms with E-state index in [-0.39, 0.29) is 0 Å². The van der Waals surface area contributed by atoms with Gasteiger partial charge in [-0.2, -0.15) is 5.26 Å². The number of aromatic nitrogens is 5. The summed E-state index contributed by atoms with van der Waals surface area (Å²) in [5, 5.41) is 14.2. The Labute approximate surface area is 496 Å². The molecule has 0 aliphatic heterocycles. The van der Waals surface area contributed by atoms with Crippen LogP contribution in [0.25, 0.3) is 154 Å². The van der Waals surface area contributed by atoms with E-state index >= 15 is 0 Å². The number of benzene rings is 12. The van der Waals surface area contributed by atoms with Gasteiger partial charge in [-0.1, -0.05) is 200 Å². The molecule has 0 N–H and O–H groups in total. The van der Waals surface area contributed by atoms with E-state index in [2.05, 4.69) is 207 Å². The molecule has 0 amide bonds. The molecule has 0 bridgehead atoms. The fourth-order valence-electron chi connectivity index (χ4n) is 12.0. The first-order valence-corrected chi connectivity index (χ1v) is 28.3. The van der Waals surface area contributed by atoms with Gasteiger partial charge in [0.25, 0.3) is 0 Å². The maximum Gasteiger partial charge on any atom is 0.187 e. The number of nitrogens with zero attached hydrogens (tertiary/aromatic N) is 8. The first-order valence-electron chi connectivity index (χ1n) is 28.3. The van der Waals surface area contributed by atoms with Crippen molar-refractivity contribution in [3.8, 4) is 107 Å². The third-order valence-corrected chi connectivity index (χ3v) is 16.3. The molecule has 0 aliphatic rings. The van der Waals surface area contributed by atoms with Crippen LogP contribution < -0.4 is 0 Å². The lowest BCUT2D eigenvalue weighted by molar-refractivity contribution is 1.06. The van der Waals surface area contributed by atoms with E-state index in [4.69, 9.17) is 28.1 Å². The Hall–Kier alpha value is -12.3. The second-order valence-electron chi connectivity index (χ2n) is 21.3. The lowest BCUT2D eigenvalue weighted by Gasteiger charge is -2.18. The Kier molecular flexibility index (Phi) is 12.5. The van der Waals surface area contributed by atoms with Gasteiger partial charge in [-0.15, -0.1) is 0 Å². The van der Waals surface area contributed by atoms with E-state index < -0.39 is 0 Å². The average molecular weight is 1100 g/mol. The van der Waals surface area contributed by atoms with Crippen LogP contribution in [-0.2, 0) is 0 Å². The van der Waals surface area contributed by atoms with Gasteiger partial charge < -0.3 is 9.13 Å². The minimum Gasteiger partial charge on any atom is -0.308 e. The standard InChI is InChI=1S/C78H46N8/c1-80-62-36-28-54(29-37-62)56-18-13-19-61(44-56)76-82-77(66-40-32-59(53-26-24-50(49-79)25-27-53)47-74(66)85-70-22-11-9-20-64(70)68-45-57(34-42-72(68)85)51-14-5-3-6-15-51)84-78(83-76)67-41-33-60(55-30-38-63(81-2)39-31-55)48-75(67)86-71-23-12-10-21-65(71)69-46-58(35-43-73(69)86)52-16-7-4-8-17-52/h3-48H. The maximum atomic E-state index is 9.83. The summed E-state index contributed by atoms with van der Waals surface area (Å²) in [6.07, 6.45) is 0. The van der Waals surface area contributed by atoms with Crippen LogP contribution in [-0.4, -0.2) is 24.1 Å². The molecule has 0 unspecified atom stereocenters. The molecule has 12 aromatic carbocycles. The van der Waals surface area contributed by atoms with Crippen LogP contribution in [0.3, 0.4) is 0 Å². The third-order valence-electron chi connectivity index (χ3n) is 16.3. The summed E-state index contributed by atoms with van der Waals surface area (Å²) in [5.74, 6) is 1.40. The molecule has 0 aliphatic carbocycles. The van der Waals surface area contributed by atoms with Crippen molar-refractivity contribution in [2.24, 2.45) is 0 Å². The molecule has 3 heterocycles. The van der Waals surface area contributed by atoms with E-state index in [9.17, 15) is 5.26 Å². The summed E-state index contributed by atoms with van der Waals surface area (Å²) in [7, 11) is 0. The predicted octanol–water partition coefficient (Wildman–Crippen LogP) is 20.4. The fourth-order valence-corrected chi connectivity index (χ4v) is 12.0. The van der Waals surface area contributed by atoms with Crippen LogP contribution >= 0.6 is 0 Å². The van der Waals surface area contributed by atoms with Crippen molar-refractivity contribution in [1.82, 2.24) is 24.1 Å². The van der Waals surface area contributed by atoms with Crippen molar-refractivity contribution >= 4 is 55.0 Å². The van der Waals surface area contributed by atoms with Gasteiger partial charge in [0.05, 0.1) is 58.2 Å². The summed E-state index contributed by atoms with van der Waals surface area (Å²) < 4.78 is 4.67. The van der Waals surface area contributed by atoms with Crippen molar-refractivity contribution in [2.45, 2.75) is 0 Å². The Morgan fingerprint density at radius 2 is 0.640 bits per heavy atom. The second kappa shape index (κ2) is 21.2. The fraction of sp³-hybridized carbons (Fsp3) is 0. The van der Waals surface area contributed by atoms with E-state index in [1.54, 1.807) is 0 Å². The third kappa shape index (κ3) is 8.99. The Bertz CT molecular complexity index is 5010. The monoisotopic (exact) mass is 1090 g/mol. The number of fused-ring (bicyclic) bond motifs is 6. The molecule has 0 radical (unpaired) electrons. The molecule has 0 atom stereocenters. The molecule has 0 spiro atoms. The van der Waals surface area contributed by atoms with E-state index in [0.717, 1.165) is 127 Å². The van der Waals surface area contributed by atoms with Gasteiger partial charge in [-0.05, 0) is 134 Å². The lowest BCUT2D eigenvalue weighted by Crippen LogP contribution is -2.06. The van der Waals surface area contributed by atoms with Gasteiger partial charge in [-0.25, -0.2) is 24.6 Å². The molecule has 0 saturated heterocycles. The summed E-state index contributed by atoms with van der Waals surface area (Å²) >= 11 is 0. The minimum atomic E-state index is 0.463. The maximum absolute atomic E-state index is 9.83. The molecule has 15 aromatic rings. The zero-order chi connectivity index (χ0) is 57.7. The zero-order valence-corrected chi connectivity index (χ0v) is 46.1. The molecule has 3 aromatic heterocycles. The molecule has 15 rings (SSSR count). The van der Waals surface area contributed by atoms with Crippen molar-refractivity contribution in [2.75, 3.05) is 0 Å². The normalized spacial score (nSPS) is 11.2. The minimum absolute atomic E-state index is 0.463. The van der Waals surface area contributed by atoms with Gasteiger partial charge >= 0.3 is 0 Å². The van der Waals surface area contributed by atoms with Crippen LogP contribution in [0.15, 0.2) is 279 Å². The zero-order valence-electron chi connectivity index (χ0n) is 46.1. The molecule has 86 heavy (non-hydrogen) atoms. The highest BCUT2D eigenvalue weighted by atomic mass is 15.1. The number of nitriles is 1. The summed E-state index contributed by atoms with van der Waals surface area (Å²) in [5.41, 5.74) is 20.1.